The number of rotatable bonds is 6. The smallest absolute Gasteiger partial charge is 0.165 e. The molecule has 3 N–H and O–H groups in total. The van der Waals surface area contributed by atoms with Gasteiger partial charge in [-0.2, -0.15) is 0 Å². The number of benzene rings is 1. The summed E-state index contributed by atoms with van der Waals surface area (Å²) in [6.45, 7) is 1.69. The number of hydrogen-bond donors (Lipinski definition) is 2. The van der Waals surface area contributed by atoms with Gasteiger partial charge in [0.25, 0.3) is 0 Å². The summed E-state index contributed by atoms with van der Waals surface area (Å²) in [5.74, 6) is -1.08. The maximum absolute atomic E-state index is 13.6. The number of nitrogens with one attached hydrogen (secondary N) is 1. The lowest BCUT2D eigenvalue weighted by atomic mass is 10.1. The maximum atomic E-state index is 13.6. The van der Waals surface area contributed by atoms with E-state index < -0.39 is 11.6 Å². The number of nitrogens with two attached hydrogens (primary N) is 1. The van der Waals surface area contributed by atoms with Crippen LogP contribution in [-0.4, -0.2) is 20.2 Å². The van der Waals surface area contributed by atoms with Crippen molar-refractivity contribution in [3.8, 4) is 5.75 Å². The molecule has 5 heteroatoms. The van der Waals surface area contributed by atoms with Crippen LogP contribution in [0.2, 0.25) is 0 Å². The predicted molar refractivity (Wildman–Crippen MR) is 65.3 cm³/mol. The van der Waals surface area contributed by atoms with Crippen LogP contribution in [0.1, 0.15) is 18.4 Å². The molecule has 0 aliphatic heterocycles. The molecule has 0 atom stereocenters. The SMILES string of the molecule is COc1cc(F)c(CNCC2(CN)CC2)cc1F. The number of hydrogen-bond acceptors (Lipinski definition) is 3. The molecule has 0 heterocycles. The van der Waals surface area contributed by atoms with Gasteiger partial charge in [0, 0.05) is 24.7 Å². The summed E-state index contributed by atoms with van der Waals surface area (Å²) in [5, 5.41) is 3.13. The molecule has 1 aromatic rings. The number of methoxy groups -OCH3 is 1. The molecule has 1 aromatic carbocycles. The Morgan fingerprint density at radius 2 is 2.06 bits per heavy atom. The first-order valence-electron chi connectivity index (χ1n) is 6.03. The molecule has 1 saturated carbocycles. The van der Waals surface area contributed by atoms with Crippen molar-refractivity contribution < 1.29 is 13.5 Å². The molecule has 2 rings (SSSR count). The Morgan fingerprint density at radius 1 is 1.33 bits per heavy atom. The van der Waals surface area contributed by atoms with E-state index in [1.165, 1.54) is 13.2 Å². The lowest BCUT2D eigenvalue weighted by molar-refractivity contribution is 0.381. The van der Waals surface area contributed by atoms with E-state index in [1.807, 2.05) is 0 Å². The Balaban J connectivity index is 1.95. The molecule has 0 aromatic heterocycles. The largest absolute Gasteiger partial charge is 0.494 e. The summed E-state index contributed by atoms with van der Waals surface area (Å²) in [7, 11) is 1.31. The zero-order valence-corrected chi connectivity index (χ0v) is 10.4. The molecule has 18 heavy (non-hydrogen) atoms. The van der Waals surface area contributed by atoms with E-state index in [4.69, 9.17) is 10.5 Å². The molecular weight excluding hydrogens is 238 g/mol. The van der Waals surface area contributed by atoms with Crippen molar-refractivity contribution >= 4 is 0 Å². The Hall–Kier alpha value is -1.20. The van der Waals surface area contributed by atoms with Crippen LogP contribution in [0.3, 0.4) is 0 Å². The highest BCUT2D eigenvalue weighted by molar-refractivity contribution is 5.30. The highest BCUT2D eigenvalue weighted by atomic mass is 19.1. The first kappa shape index (κ1) is 13.2. The Labute approximate surface area is 105 Å². The van der Waals surface area contributed by atoms with Crippen LogP contribution in [0.15, 0.2) is 12.1 Å². The zero-order valence-electron chi connectivity index (χ0n) is 10.4. The second-order valence-electron chi connectivity index (χ2n) is 4.89. The second-order valence-corrected chi connectivity index (χ2v) is 4.89. The monoisotopic (exact) mass is 256 g/mol. The molecule has 0 amide bonds. The van der Waals surface area contributed by atoms with Crippen LogP contribution in [-0.2, 0) is 6.54 Å². The third-order valence-electron chi connectivity index (χ3n) is 3.53. The Bertz CT molecular complexity index is 433. The minimum absolute atomic E-state index is 0.0723. The maximum Gasteiger partial charge on any atom is 0.165 e. The van der Waals surface area contributed by atoms with E-state index in [-0.39, 0.29) is 11.2 Å². The van der Waals surface area contributed by atoms with Gasteiger partial charge in [-0.3, -0.25) is 0 Å². The highest BCUT2D eigenvalue weighted by Gasteiger charge is 2.40. The molecule has 0 spiro atoms. The van der Waals surface area contributed by atoms with Crippen LogP contribution in [0, 0.1) is 17.0 Å². The van der Waals surface area contributed by atoms with Gasteiger partial charge in [0.1, 0.15) is 5.82 Å². The number of halogens is 2. The van der Waals surface area contributed by atoms with E-state index in [2.05, 4.69) is 5.32 Å². The fourth-order valence-corrected chi connectivity index (χ4v) is 1.95. The van der Waals surface area contributed by atoms with Crippen LogP contribution < -0.4 is 15.8 Å². The summed E-state index contributed by atoms with van der Waals surface area (Å²) in [4.78, 5) is 0. The second kappa shape index (κ2) is 5.20. The van der Waals surface area contributed by atoms with E-state index in [9.17, 15) is 8.78 Å². The lowest BCUT2D eigenvalue weighted by Crippen LogP contribution is -2.29. The van der Waals surface area contributed by atoms with Crippen molar-refractivity contribution in [1.29, 1.82) is 0 Å². The van der Waals surface area contributed by atoms with Crippen molar-refractivity contribution in [1.82, 2.24) is 5.32 Å². The summed E-state index contributed by atoms with van der Waals surface area (Å²) < 4.78 is 31.8. The Morgan fingerprint density at radius 3 is 2.61 bits per heavy atom. The molecule has 100 valence electrons. The summed E-state index contributed by atoms with van der Waals surface area (Å²) in [6, 6.07) is 2.24. The van der Waals surface area contributed by atoms with Crippen LogP contribution >= 0.6 is 0 Å². The summed E-state index contributed by atoms with van der Waals surface area (Å²) in [6.07, 6.45) is 2.21. The third-order valence-corrected chi connectivity index (χ3v) is 3.53. The number of ether oxygens (including phenoxy) is 1. The zero-order chi connectivity index (χ0) is 13.2. The average Bonchev–Trinajstić information content (AvgIpc) is 3.13. The van der Waals surface area contributed by atoms with Gasteiger partial charge in [-0.1, -0.05) is 0 Å². The molecule has 0 saturated heterocycles. The molecule has 1 fully saturated rings. The van der Waals surface area contributed by atoms with Gasteiger partial charge in [-0.15, -0.1) is 0 Å². The quantitative estimate of drug-likeness (QED) is 0.816. The van der Waals surface area contributed by atoms with Gasteiger partial charge in [0.15, 0.2) is 11.6 Å². The van der Waals surface area contributed by atoms with Crippen molar-refractivity contribution in [2.45, 2.75) is 19.4 Å². The van der Waals surface area contributed by atoms with Crippen molar-refractivity contribution in [3.63, 3.8) is 0 Å². The minimum Gasteiger partial charge on any atom is -0.494 e. The Kier molecular flexibility index (Phi) is 3.82. The molecule has 0 unspecified atom stereocenters. The van der Waals surface area contributed by atoms with Gasteiger partial charge in [-0.05, 0) is 30.9 Å². The molecule has 1 aliphatic carbocycles. The normalized spacial score (nSPS) is 16.7. The topological polar surface area (TPSA) is 47.3 Å². The van der Waals surface area contributed by atoms with E-state index in [1.54, 1.807) is 0 Å². The van der Waals surface area contributed by atoms with Gasteiger partial charge in [0.05, 0.1) is 7.11 Å². The van der Waals surface area contributed by atoms with Crippen molar-refractivity contribution in [3.05, 3.63) is 29.3 Å². The molecule has 0 radical (unpaired) electrons. The van der Waals surface area contributed by atoms with Crippen LogP contribution in [0.25, 0.3) is 0 Å². The minimum atomic E-state index is -0.546. The summed E-state index contributed by atoms with van der Waals surface area (Å²) >= 11 is 0. The van der Waals surface area contributed by atoms with Crippen molar-refractivity contribution in [2.75, 3.05) is 20.2 Å². The summed E-state index contributed by atoms with van der Waals surface area (Å²) in [5.41, 5.74) is 6.14. The standard InChI is InChI=1S/C13H18F2N2O/c1-18-12-5-10(14)9(4-11(12)15)6-17-8-13(7-16)2-3-13/h4-5,17H,2-3,6-8,16H2,1H3. The van der Waals surface area contributed by atoms with Crippen LogP contribution in [0.5, 0.6) is 5.75 Å². The highest BCUT2D eigenvalue weighted by Crippen LogP contribution is 2.43. The molecule has 0 bridgehead atoms. The molecular formula is C13H18F2N2O. The van der Waals surface area contributed by atoms with E-state index in [0.717, 1.165) is 25.5 Å². The van der Waals surface area contributed by atoms with Crippen molar-refractivity contribution in [2.24, 2.45) is 11.1 Å². The molecule has 3 nitrogen and oxygen atoms in total. The molecule has 1 aliphatic rings. The average molecular weight is 256 g/mol. The predicted octanol–water partition coefficient (Wildman–Crippen LogP) is 1.80. The van der Waals surface area contributed by atoms with Gasteiger partial charge < -0.3 is 15.8 Å². The van der Waals surface area contributed by atoms with E-state index in [0.29, 0.717) is 18.7 Å². The fourth-order valence-electron chi connectivity index (χ4n) is 1.95. The fraction of sp³-hybridized carbons (Fsp3) is 0.538. The van der Waals surface area contributed by atoms with E-state index >= 15 is 0 Å². The third kappa shape index (κ3) is 2.79. The lowest BCUT2D eigenvalue weighted by Gasteiger charge is -2.14. The van der Waals surface area contributed by atoms with Crippen LogP contribution in [0.4, 0.5) is 8.78 Å². The first-order valence-corrected chi connectivity index (χ1v) is 6.03. The van der Waals surface area contributed by atoms with Gasteiger partial charge in [0.2, 0.25) is 0 Å². The van der Waals surface area contributed by atoms with Gasteiger partial charge in [-0.25, -0.2) is 8.78 Å². The first-order chi connectivity index (χ1) is 8.60. The van der Waals surface area contributed by atoms with Gasteiger partial charge >= 0.3 is 0 Å².